The summed E-state index contributed by atoms with van der Waals surface area (Å²) < 4.78 is 6.07. The summed E-state index contributed by atoms with van der Waals surface area (Å²) in [7, 11) is 2.01. The zero-order chi connectivity index (χ0) is 11.0. The van der Waals surface area contributed by atoms with Gasteiger partial charge in [0, 0.05) is 25.7 Å². The van der Waals surface area contributed by atoms with Crippen LogP contribution in [0, 0.1) is 5.92 Å². The number of nitrogens with one attached hydrogen (secondary N) is 1. The fourth-order valence-corrected chi connectivity index (χ4v) is 3.80. The molecule has 16 heavy (non-hydrogen) atoms. The van der Waals surface area contributed by atoms with Crippen molar-refractivity contribution in [3.05, 3.63) is 0 Å². The van der Waals surface area contributed by atoms with Crippen LogP contribution in [0.15, 0.2) is 0 Å². The maximum atomic E-state index is 6.07. The Bertz CT molecular complexity index is 246. The topological polar surface area (TPSA) is 24.5 Å². The highest BCUT2D eigenvalue weighted by Crippen LogP contribution is 2.38. The quantitative estimate of drug-likeness (QED) is 0.777. The molecule has 3 heteroatoms. The lowest BCUT2D eigenvalue weighted by Crippen LogP contribution is -2.38. The first-order valence-electron chi connectivity index (χ1n) is 6.89. The summed E-state index contributed by atoms with van der Waals surface area (Å²) in [6.07, 6.45) is 7.87. The smallest absolute Gasteiger partial charge is 0.0707 e. The van der Waals surface area contributed by atoms with Crippen molar-refractivity contribution in [2.75, 3.05) is 26.7 Å². The van der Waals surface area contributed by atoms with Gasteiger partial charge in [-0.25, -0.2) is 0 Å². The molecule has 0 amide bonds. The van der Waals surface area contributed by atoms with E-state index in [9.17, 15) is 0 Å². The van der Waals surface area contributed by atoms with E-state index in [-0.39, 0.29) is 0 Å². The molecule has 1 saturated carbocycles. The lowest BCUT2D eigenvalue weighted by Gasteiger charge is -2.29. The Kier molecular flexibility index (Phi) is 3.18. The number of likely N-dealkylation sites (N-methyl/N-ethyl adjacent to an activating group) is 1. The van der Waals surface area contributed by atoms with E-state index in [1.807, 2.05) is 7.05 Å². The van der Waals surface area contributed by atoms with Crippen LogP contribution in [0.3, 0.4) is 0 Å². The molecule has 92 valence electrons. The molecule has 3 aliphatic rings. The number of hydrogen-bond acceptors (Lipinski definition) is 3. The highest BCUT2D eigenvalue weighted by Gasteiger charge is 2.39. The largest absolute Gasteiger partial charge is 0.372 e. The van der Waals surface area contributed by atoms with Crippen molar-refractivity contribution >= 4 is 0 Å². The van der Waals surface area contributed by atoms with Gasteiger partial charge < -0.3 is 10.1 Å². The average Bonchev–Trinajstić information content (AvgIpc) is 2.95. The first-order chi connectivity index (χ1) is 7.85. The van der Waals surface area contributed by atoms with Gasteiger partial charge >= 0.3 is 0 Å². The summed E-state index contributed by atoms with van der Waals surface area (Å²) in [4.78, 5) is 2.70. The van der Waals surface area contributed by atoms with Crippen LogP contribution in [-0.4, -0.2) is 49.8 Å². The average molecular weight is 224 g/mol. The van der Waals surface area contributed by atoms with E-state index < -0.39 is 0 Å². The molecule has 0 aromatic rings. The minimum atomic E-state index is 0.467. The van der Waals surface area contributed by atoms with Gasteiger partial charge in [-0.3, -0.25) is 4.90 Å². The minimum Gasteiger partial charge on any atom is -0.372 e. The van der Waals surface area contributed by atoms with Crippen molar-refractivity contribution in [3.63, 3.8) is 0 Å². The monoisotopic (exact) mass is 224 g/mol. The lowest BCUT2D eigenvalue weighted by molar-refractivity contribution is 0.0181. The molecule has 3 fully saturated rings. The highest BCUT2D eigenvalue weighted by atomic mass is 16.5. The Morgan fingerprint density at radius 1 is 1.19 bits per heavy atom. The van der Waals surface area contributed by atoms with Crippen LogP contribution >= 0.6 is 0 Å². The number of likely N-dealkylation sites (tertiary alicyclic amines) is 1. The van der Waals surface area contributed by atoms with Crippen molar-refractivity contribution in [1.29, 1.82) is 0 Å². The second kappa shape index (κ2) is 4.63. The van der Waals surface area contributed by atoms with E-state index in [1.165, 1.54) is 45.2 Å². The number of fused-ring (bicyclic) bond motifs is 2. The van der Waals surface area contributed by atoms with Crippen molar-refractivity contribution in [2.24, 2.45) is 5.92 Å². The molecule has 2 saturated heterocycles. The van der Waals surface area contributed by atoms with Crippen molar-refractivity contribution < 1.29 is 4.74 Å². The summed E-state index contributed by atoms with van der Waals surface area (Å²) in [6, 6.07) is 0.900. The van der Waals surface area contributed by atoms with Crippen LogP contribution in [0.5, 0.6) is 0 Å². The predicted molar refractivity (Wildman–Crippen MR) is 64.5 cm³/mol. The van der Waals surface area contributed by atoms with Crippen LogP contribution in [0.1, 0.15) is 32.1 Å². The summed E-state index contributed by atoms with van der Waals surface area (Å²) in [5, 5.41) is 3.21. The van der Waals surface area contributed by atoms with Gasteiger partial charge in [-0.1, -0.05) is 0 Å². The van der Waals surface area contributed by atoms with Gasteiger partial charge in [0.05, 0.1) is 12.2 Å². The molecule has 2 bridgehead atoms. The molecule has 4 atom stereocenters. The number of piperidine rings is 1. The molecule has 0 aromatic heterocycles. The van der Waals surface area contributed by atoms with Crippen LogP contribution in [0.4, 0.5) is 0 Å². The van der Waals surface area contributed by atoms with Crippen molar-refractivity contribution in [1.82, 2.24) is 10.2 Å². The molecule has 1 N–H and O–H groups in total. The van der Waals surface area contributed by atoms with Gasteiger partial charge in [-0.15, -0.1) is 0 Å². The second-order valence-electron chi connectivity index (χ2n) is 5.80. The maximum absolute atomic E-state index is 6.07. The fourth-order valence-electron chi connectivity index (χ4n) is 3.80. The number of hydrogen-bond donors (Lipinski definition) is 1. The van der Waals surface area contributed by atoms with E-state index in [0.29, 0.717) is 12.2 Å². The van der Waals surface area contributed by atoms with Crippen molar-refractivity contribution in [3.8, 4) is 0 Å². The minimum absolute atomic E-state index is 0.467. The van der Waals surface area contributed by atoms with Gasteiger partial charge in [-0.2, -0.15) is 0 Å². The van der Waals surface area contributed by atoms with Crippen LogP contribution in [0.2, 0.25) is 0 Å². The first kappa shape index (κ1) is 11.0. The number of nitrogens with zero attached hydrogens (tertiary/aromatic N) is 1. The maximum Gasteiger partial charge on any atom is 0.0707 e. The predicted octanol–water partition coefficient (Wildman–Crippen LogP) is 1.24. The molecule has 3 rings (SSSR count). The summed E-state index contributed by atoms with van der Waals surface area (Å²) in [5.41, 5.74) is 0. The highest BCUT2D eigenvalue weighted by molar-refractivity contribution is 4.93. The van der Waals surface area contributed by atoms with Gasteiger partial charge in [0.1, 0.15) is 0 Å². The second-order valence-corrected chi connectivity index (χ2v) is 5.80. The third kappa shape index (κ3) is 2.13. The van der Waals surface area contributed by atoms with E-state index in [1.54, 1.807) is 0 Å². The molecule has 4 unspecified atom stereocenters. The summed E-state index contributed by atoms with van der Waals surface area (Å²) in [6.45, 7) is 3.56. The third-order valence-electron chi connectivity index (χ3n) is 4.59. The van der Waals surface area contributed by atoms with E-state index >= 15 is 0 Å². The van der Waals surface area contributed by atoms with Gasteiger partial charge in [0.15, 0.2) is 0 Å². The standard InChI is InChI=1S/C13H24N2O/c1-14-7-12-4-5-13(16-12)9-15-8-10-2-3-11(15)6-10/h10-14H,2-9H2,1H3. The molecular weight excluding hydrogens is 200 g/mol. The number of rotatable bonds is 4. The van der Waals surface area contributed by atoms with Crippen LogP contribution < -0.4 is 5.32 Å². The van der Waals surface area contributed by atoms with Crippen LogP contribution in [-0.2, 0) is 4.74 Å². The van der Waals surface area contributed by atoms with Crippen molar-refractivity contribution in [2.45, 2.75) is 50.4 Å². The molecule has 1 aliphatic carbocycles. The fraction of sp³-hybridized carbons (Fsp3) is 1.00. The molecular formula is C13H24N2O. The Morgan fingerprint density at radius 3 is 2.75 bits per heavy atom. The Labute approximate surface area is 98.5 Å². The normalized spacial score (nSPS) is 43.3. The summed E-state index contributed by atoms with van der Waals surface area (Å²) in [5.74, 6) is 1.01. The Balaban J connectivity index is 1.46. The molecule has 2 aliphatic heterocycles. The lowest BCUT2D eigenvalue weighted by atomic mass is 10.1. The molecule has 2 heterocycles. The first-order valence-corrected chi connectivity index (χ1v) is 6.89. The van der Waals surface area contributed by atoms with Gasteiger partial charge in [0.25, 0.3) is 0 Å². The van der Waals surface area contributed by atoms with E-state index in [2.05, 4.69) is 10.2 Å². The molecule has 0 radical (unpaired) electrons. The van der Waals surface area contributed by atoms with E-state index in [0.717, 1.165) is 18.5 Å². The van der Waals surface area contributed by atoms with Gasteiger partial charge in [0.2, 0.25) is 0 Å². The zero-order valence-corrected chi connectivity index (χ0v) is 10.3. The zero-order valence-electron chi connectivity index (χ0n) is 10.3. The van der Waals surface area contributed by atoms with Gasteiger partial charge in [-0.05, 0) is 45.1 Å². The third-order valence-corrected chi connectivity index (χ3v) is 4.59. The van der Waals surface area contributed by atoms with Crippen LogP contribution in [0.25, 0.3) is 0 Å². The van der Waals surface area contributed by atoms with E-state index in [4.69, 9.17) is 4.74 Å². The number of ether oxygens (including phenoxy) is 1. The Morgan fingerprint density at radius 2 is 2.06 bits per heavy atom. The molecule has 0 aromatic carbocycles. The SMILES string of the molecule is CNCC1CCC(CN2CC3CCC2C3)O1. The molecule has 0 spiro atoms. The molecule has 3 nitrogen and oxygen atoms in total. The summed E-state index contributed by atoms with van der Waals surface area (Å²) >= 11 is 0. The Hall–Kier alpha value is -0.120.